The van der Waals surface area contributed by atoms with E-state index in [2.05, 4.69) is 206 Å². The summed E-state index contributed by atoms with van der Waals surface area (Å²) in [5.74, 6) is 0. The topological polar surface area (TPSA) is 26.3 Å². The Hall–Kier alpha value is -8.20. The third-order valence-electron chi connectivity index (χ3n) is 14.2. The van der Waals surface area contributed by atoms with Gasteiger partial charge in [-0.25, -0.2) is 0 Å². The van der Waals surface area contributed by atoms with E-state index >= 15 is 0 Å². The van der Waals surface area contributed by atoms with Crippen LogP contribution in [-0.2, 0) is 0 Å². The third-order valence-corrected chi connectivity index (χ3v) is 16.6. The first-order chi connectivity index (χ1) is 33.2. The summed E-state index contributed by atoms with van der Waals surface area (Å²) in [4.78, 5) is 0. The number of furan rings is 2. The van der Waals surface area contributed by atoms with Crippen LogP contribution < -0.4 is 0 Å². The third kappa shape index (κ3) is 5.45. The van der Waals surface area contributed by atoms with Crippen molar-refractivity contribution in [2.45, 2.75) is 0 Å². The van der Waals surface area contributed by atoms with Crippen LogP contribution in [-0.4, -0.2) is 14.5 Å². The zero-order valence-corrected chi connectivity index (χ0v) is 37.7. The molecule has 0 saturated heterocycles. The van der Waals surface area contributed by atoms with Crippen molar-refractivity contribution in [3.8, 4) is 44.5 Å². The Morgan fingerprint density at radius 3 is 0.940 bits per heavy atom. The molecule has 0 bridgehead atoms. The van der Waals surface area contributed by atoms with E-state index in [9.17, 15) is 0 Å². The predicted octanol–water partition coefficient (Wildman–Crippen LogP) is 18.1. The summed E-state index contributed by atoms with van der Waals surface area (Å²) in [5, 5.41) is 17.3. The van der Waals surface area contributed by atoms with Crippen LogP contribution in [0.5, 0.6) is 0 Å². The average Bonchev–Trinajstić information content (AvgIpc) is 4.07. The van der Waals surface area contributed by atoms with E-state index in [1.165, 1.54) is 107 Å². The van der Waals surface area contributed by atoms with Crippen LogP contribution in [0.3, 0.4) is 0 Å². The van der Waals surface area contributed by atoms with E-state index in [4.69, 9.17) is 8.83 Å². The summed E-state index contributed by atoms with van der Waals surface area (Å²) < 4.78 is 15.4. The van der Waals surface area contributed by atoms with Gasteiger partial charge in [0, 0.05) is 0 Å². The van der Waals surface area contributed by atoms with Crippen LogP contribution >= 0.6 is 0 Å². The molecule has 0 aliphatic heterocycles. The van der Waals surface area contributed by atoms with Gasteiger partial charge in [0.2, 0.25) is 0 Å². The summed E-state index contributed by atoms with van der Waals surface area (Å²) in [6.45, 7) is 0. The van der Waals surface area contributed by atoms with Gasteiger partial charge in [0.1, 0.15) is 5.58 Å². The van der Waals surface area contributed by atoms with E-state index in [1.807, 2.05) is 12.1 Å². The van der Waals surface area contributed by atoms with Crippen LogP contribution in [0.4, 0.5) is 0 Å². The van der Waals surface area contributed by atoms with Gasteiger partial charge in [0.25, 0.3) is 0 Å². The minimum atomic E-state index is 0.164. The first-order valence-corrected chi connectivity index (χ1v) is 24.6. The first-order valence-electron chi connectivity index (χ1n) is 22.9. The molecule has 3 heterocycles. The Kier molecular flexibility index (Phi) is 7.83. The van der Waals surface area contributed by atoms with Crippen LogP contribution in [0.1, 0.15) is 0 Å². The molecule has 0 saturated carbocycles. The van der Waals surface area contributed by atoms with Gasteiger partial charge < -0.3 is 4.42 Å². The predicted molar refractivity (Wildman–Crippen MR) is 285 cm³/mol. The van der Waals surface area contributed by atoms with Crippen molar-refractivity contribution in [2.24, 2.45) is 0 Å². The average molecular weight is 916 g/mol. The summed E-state index contributed by atoms with van der Waals surface area (Å²) in [6, 6.07) is 80.4. The Balaban J connectivity index is 0.898. The van der Waals surface area contributed by atoms with Crippen molar-refractivity contribution in [2.75, 3.05) is 0 Å². The Morgan fingerprint density at radius 2 is 0.522 bits per heavy atom. The van der Waals surface area contributed by atoms with Crippen molar-refractivity contribution in [3.63, 3.8) is 0 Å². The van der Waals surface area contributed by atoms with E-state index in [1.54, 1.807) is 0 Å². The molecule has 310 valence electrons. The molecular weight excluding hydrogens is 880 g/mol. The van der Waals surface area contributed by atoms with E-state index in [-0.39, 0.29) is 14.5 Å². The van der Waals surface area contributed by atoms with Gasteiger partial charge in [-0.05, 0) is 12.1 Å². The second kappa shape index (κ2) is 14.1. The molecular formula is C64H36O2Se. The van der Waals surface area contributed by atoms with Gasteiger partial charge in [-0.15, -0.1) is 0 Å². The van der Waals surface area contributed by atoms with E-state index < -0.39 is 0 Å². The monoisotopic (exact) mass is 916 g/mol. The van der Waals surface area contributed by atoms with Crippen molar-refractivity contribution in [1.82, 2.24) is 0 Å². The second-order valence-electron chi connectivity index (χ2n) is 17.8. The number of rotatable bonds is 4. The maximum atomic E-state index is 6.26. The minimum absolute atomic E-state index is 0.164. The SMILES string of the molecule is c1ccc2c(c1)oc1ccc(-c3c4ccccc4c(-c4ccc5c(c4)[se]c4ccc(-c6c7ccccc7c(-c7ccc8oc9ccccc9c8c7)c7ccccc67)cc45)c4ccccc34)cc12. The Bertz CT molecular complexity index is 4470. The molecule has 0 aliphatic rings. The number of hydrogen-bond donors (Lipinski definition) is 0. The summed E-state index contributed by atoms with van der Waals surface area (Å²) in [5.41, 5.74) is 13.6. The molecule has 3 heteroatoms. The molecule has 0 fully saturated rings. The standard InChI is InChI=1S/C64H36O2Se/c1-3-17-46-44(15-1)61(37-26-30-57-52(33-37)41-13-9-11-23-55(41)65-57)45-16-2-4-18-47(45)63(46)39-28-32-59-54(35-39)43-29-25-40(36-60(43)67-59)64-50-21-7-5-19-48(50)62(49-20-6-8-22-51(49)64)38-27-31-58-53(34-38)42-14-10-12-24-56(42)66-58/h1-36H. The molecule has 67 heavy (non-hydrogen) atoms. The first kappa shape index (κ1) is 37.1. The molecule has 12 aromatic carbocycles. The van der Waals surface area contributed by atoms with Crippen LogP contribution in [0, 0.1) is 0 Å². The van der Waals surface area contributed by atoms with Crippen molar-refractivity contribution < 1.29 is 8.83 Å². The van der Waals surface area contributed by atoms with Crippen LogP contribution in [0.25, 0.3) is 151 Å². The number of benzene rings is 12. The van der Waals surface area contributed by atoms with Gasteiger partial charge in [-0.2, -0.15) is 0 Å². The number of fused-ring (bicyclic) bond motifs is 13. The number of hydrogen-bond acceptors (Lipinski definition) is 2. The summed E-state index contributed by atoms with van der Waals surface area (Å²) in [7, 11) is 0. The summed E-state index contributed by atoms with van der Waals surface area (Å²) in [6.07, 6.45) is 0. The quantitative estimate of drug-likeness (QED) is 0.130. The van der Waals surface area contributed by atoms with E-state index in [0.717, 1.165) is 43.9 Å². The molecule has 0 spiro atoms. The molecule has 3 aromatic heterocycles. The van der Waals surface area contributed by atoms with Gasteiger partial charge >= 0.3 is 340 Å². The molecule has 0 atom stereocenters. The molecule has 0 radical (unpaired) electrons. The molecule has 15 aromatic rings. The molecule has 0 aliphatic carbocycles. The van der Waals surface area contributed by atoms with Gasteiger partial charge in [-0.1, -0.05) is 30.3 Å². The normalized spacial score (nSPS) is 12.2. The zero-order valence-electron chi connectivity index (χ0n) is 36.0. The van der Waals surface area contributed by atoms with Crippen molar-refractivity contribution in [1.29, 1.82) is 0 Å². The Morgan fingerprint density at radius 1 is 0.209 bits per heavy atom. The van der Waals surface area contributed by atoms with Gasteiger partial charge in [-0.3, -0.25) is 0 Å². The van der Waals surface area contributed by atoms with Gasteiger partial charge in [0.05, 0.1) is 0 Å². The molecule has 0 N–H and O–H groups in total. The fraction of sp³-hybridized carbons (Fsp3) is 0. The Labute approximate surface area is 390 Å². The van der Waals surface area contributed by atoms with E-state index in [0.29, 0.717) is 0 Å². The van der Waals surface area contributed by atoms with Crippen LogP contribution in [0.15, 0.2) is 227 Å². The fourth-order valence-corrected chi connectivity index (χ4v) is 13.7. The molecule has 15 rings (SSSR count). The molecule has 2 nitrogen and oxygen atoms in total. The maximum absolute atomic E-state index is 6.26. The molecule has 0 unspecified atom stereocenters. The van der Waals surface area contributed by atoms with Crippen LogP contribution in [0.2, 0.25) is 0 Å². The van der Waals surface area contributed by atoms with Gasteiger partial charge in [0.15, 0.2) is 0 Å². The fourth-order valence-electron chi connectivity index (χ4n) is 11.4. The summed E-state index contributed by atoms with van der Waals surface area (Å²) >= 11 is 0.164. The second-order valence-corrected chi connectivity index (χ2v) is 20.1. The van der Waals surface area contributed by atoms with Crippen molar-refractivity contribution in [3.05, 3.63) is 218 Å². The zero-order chi connectivity index (χ0) is 43.7. The molecule has 0 amide bonds. The van der Waals surface area contributed by atoms with Crippen molar-refractivity contribution >= 4 is 121 Å². The number of para-hydroxylation sites is 2.